The summed E-state index contributed by atoms with van der Waals surface area (Å²) in [6, 6.07) is 1.78. The first-order chi connectivity index (χ1) is 14.6. The maximum atomic E-state index is 13.3. The number of carbonyl (C=O) groups is 1. The van der Waals surface area contributed by atoms with Crippen molar-refractivity contribution in [2.24, 2.45) is 0 Å². The SMILES string of the molecule is O=C(NC1CCC(F)(F)CC1)c1cnn2ccc(Nc3nccc(C(F)(F)F)n3)nc12. The highest BCUT2D eigenvalue weighted by Gasteiger charge is 2.36. The van der Waals surface area contributed by atoms with Gasteiger partial charge < -0.3 is 10.6 Å². The van der Waals surface area contributed by atoms with Gasteiger partial charge in [0.15, 0.2) is 5.65 Å². The number of fused-ring (bicyclic) bond motifs is 1. The molecule has 4 rings (SSSR count). The van der Waals surface area contributed by atoms with Crippen molar-refractivity contribution < 1.29 is 26.7 Å². The maximum absolute atomic E-state index is 13.3. The van der Waals surface area contributed by atoms with Crippen molar-refractivity contribution in [2.45, 2.75) is 43.8 Å². The number of rotatable bonds is 4. The summed E-state index contributed by atoms with van der Waals surface area (Å²) in [5.41, 5.74) is -0.880. The molecule has 0 unspecified atom stereocenters. The van der Waals surface area contributed by atoms with Crippen LogP contribution in [0.4, 0.5) is 33.7 Å². The number of halogens is 5. The van der Waals surface area contributed by atoms with Crippen LogP contribution >= 0.6 is 0 Å². The van der Waals surface area contributed by atoms with Gasteiger partial charge in [-0.1, -0.05) is 0 Å². The molecule has 1 saturated carbocycles. The molecule has 3 heterocycles. The highest BCUT2D eigenvalue weighted by atomic mass is 19.4. The predicted octanol–water partition coefficient (Wildman–Crippen LogP) is 3.59. The summed E-state index contributed by atoms with van der Waals surface area (Å²) >= 11 is 0. The first kappa shape index (κ1) is 20.9. The molecular weight excluding hydrogens is 425 g/mol. The van der Waals surface area contributed by atoms with Crippen LogP contribution in [0.1, 0.15) is 41.7 Å². The van der Waals surface area contributed by atoms with Crippen LogP contribution in [0.3, 0.4) is 0 Å². The van der Waals surface area contributed by atoms with E-state index in [-0.39, 0.29) is 54.7 Å². The number of carbonyl (C=O) groups excluding carboxylic acids is 1. The quantitative estimate of drug-likeness (QED) is 0.601. The van der Waals surface area contributed by atoms with Crippen molar-refractivity contribution in [3.05, 3.63) is 42.0 Å². The van der Waals surface area contributed by atoms with Crippen LogP contribution in [0.25, 0.3) is 5.65 Å². The number of hydrogen-bond acceptors (Lipinski definition) is 6. The van der Waals surface area contributed by atoms with Crippen LogP contribution in [0, 0.1) is 0 Å². The van der Waals surface area contributed by atoms with E-state index in [0.29, 0.717) is 0 Å². The Morgan fingerprint density at radius 1 is 1.16 bits per heavy atom. The Morgan fingerprint density at radius 2 is 1.90 bits per heavy atom. The number of nitrogens with zero attached hydrogens (tertiary/aromatic N) is 5. The molecule has 0 aliphatic heterocycles. The Labute approximate surface area is 171 Å². The summed E-state index contributed by atoms with van der Waals surface area (Å²) < 4.78 is 66.4. The van der Waals surface area contributed by atoms with Crippen LogP contribution in [-0.2, 0) is 6.18 Å². The zero-order chi connectivity index (χ0) is 22.2. The van der Waals surface area contributed by atoms with Crippen molar-refractivity contribution in [1.82, 2.24) is 29.9 Å². The van der Waals surface area contributed by atoms with E-state index >= 15 is 0 Å². The van der Waals surface area contributed by atoms with E-state index in [1.165, 1.54) is 23.0 Å². The molecule has 0 aromatic carbocycles. The molecule has 31 heavy (non-hydrogen) atoms. The number of aromatic nitrogens is 5. The lowest BCUT2D eigenvalue weighted by molar-refractivity contribution is -0.141. The van der Waals surface area contributed by atoms with Crippen LogP contribution in [0.15, 0.2) is 30.7 Å². The fourth-order valence-corrected chi connectivity index (χ4v) is 3.24. The molecule has 1 aliphatic carbocycles. The third-order valence-electron chi connectivity index (χ3n) is 4.85. The molecule has 1 aliphatic rings. The highest BCUT2D eigenvalue weighted by molar-refractivity contribution is 5.99. The molecule has 164 valence electrons. The molecule has 2 N–H and O–H groups in total. The minimum Gasteiger partial charge on any atom is -0.349 e. The predicted molar refractivity (Wildman–Crippen MR) is 98.0 cm³/mol. The lowest BCUT2D eigenvalue weighted by Gasteiger charge is -2.28. The van der Waals surface area contributed by atoms with Gasteiger partial charge in [-0.15, -0.1) is 0 Å². The highest BCUT2D eigenvalue weighted by Crippen LogP contribution is 2.33. The van der Waals surface area contributed by atoms with Crippen molar-refractivity contribution in [2.75, 3.05) is 5.32 Å². The lowest BCUT2D eigenvalue weighted by Crippen LogP contribution is -2.40. The van der Waals surface area contributed by atoms with E-state index in [0.717, 1.165) is 12.3 Å². The van der Waals surface area contributed by atoms with Crippen LogP contribution in [0.2, 0.25) is 0 Å². The first-order valence-electron chi connectivity index (χ1n) is 9.31. The van der Waals surface area contributed by atoms with Crippen molar-refractivity contribution in [3.63, 3.8) is 0 Å². The topological polar surface area (TPSA) is 97.1 Å². The molecule has 0 spiro atoms. The largest absolute Gasteiger partial charge is 0.433 e. The zero-order valence-corrected chi connectivity index (χ0v) is 15.8. The summed E-state index contributed by atoms with van der Waals surface area (Å²) in [6.45, 7) is 0. The smallest absolute Gasteiger partial charge is 0.349 e. The second kappa shape index (κ2) is 7.71. The van der Waals surface area contributed by atoms with Gasteiger partial charge >= 0.3 is 6.18 Å². The maximum Gasteiger partial charge on any atom is 0.433 e. The van der Waals surface area contributed by atoms with E-state index in [1.807, 2.05) is 0 Å². The molecule has 13 heteroatoms. The Hall–Kier alpha value is -3.38. The van der Waals surface area contributed by atoms with Gasteiger partial charge in [-0.05, 0) is 25.0 Å². The van der Waals surface area contributed by atoms with Gasteiger partial charge in [0.2, 0.25) is 11.9 Å². The summed E-state index contributed by atoms with van der Waals surface area (Å²) in [6.07, 6.45) is -1.21. The molecule has 0 bridgehead atoms. The minimum absolute atomic E-state index is 0.0960. The van der Waals surface area contributed by atoms with Gasteiger partial charge in [-0.3, -0.25) is 4.79 Å². The van der Waals surface area contributed by atoms with Gasteiger partial charge in [0.1, 0.15) is 17.1 Å². The third kappa shape index (κ3) is 4.70. The molecule has 8 nitrogen and oxygen atoms in total. The van der Waals surface area contributed by atoms with Crippen LogP contribution in [-0.4, -0.2) is 42.4 Å². The average Bonchev–Trinajstić information content (AvgIpc) is 3.12. The summed E-state index contributed by atoms with van der Waals surface area (Å²) in [5.74, 6) is -3.46. The van der Waals surface area contributed by atoms with E-state index in [4.69, 9.17) is 0 Å². The fourth-order valence-electron chi connectivity index (χ4n) is 3.24. The third-order valence-corrected chi connectivity index (χ3v) is 4.85. The minimum atomic E-state index is -4.63. The van der Waals surface area contributed by atoms with Gasteiger partial charge in [0.25, 0.3) is 5.91 Å². The van der Waals surface area contributed by atoms with Crippen LogP contribution < -0.4 is 10.6 Å². The van der Waals surface area contributed by atoms with E-state index in [9.17, 15) is 26.7 Å². The van der Waals surface area contributed by atoms with Crippen LogP contribution in [0.5, 0.6) is 0 Å². The second-order valence-electron chi connectivity index (χ2n) is 7.13. The first-order valence-corrected chi connectivity index (χ1v) is 9.31. The number of anilines is 2. The van der Waals surface area contributed by atoms with E-state index in [1.54, 1.807) is 0 Å². The Kier molecular flexibility index (Phi) is 5.19. The molecule has 3 aromatic heterocycles. The van der Waals surface area contributed by atoms with E-state index < -0.39 is 23.7 Å². The monoisotopic (exact) mass is 441 g/mol. The fraction of sp³-hybridized carbons (Fsp3) is 0.389. The standard InChI is InChI=1S/C18H16F5N7O/c19-17(20)5-1-10(2-6-17)26-15(31)11-9-25-30-8-4-13(28-14(11)30)29-16-24-7-3-12(27-16)18(21,22)23/h3-4,7-10H,1-2,5-6H2,(H,26,31)(H,24,27,28,29). The number of amides is 1. The van der Waals surface area contributed by atoms with Gasteiger partial charge in [0.05, 0.1) is 6.20 Å². The number of nitrogens with one attached hydrogen (secondary N) is 2. The second-order valence-corrected chi connectivity index (χ2v) is 7.13. The Bertz CT molecular complexity index is 1100. The Balaban J connectivity index is 1.52. The molecule has 0 atom stereocenters. The van der Waals surface area contributed by atoms with Crippen molar-refractivity contribution >= 4 is 23.3 Å². The summed E-state index contributed by atoms with van der Waals surface area (Å²) in [4.78, 5) is 24.0. The summed E-state index contributed by atoms with van der Waals surface area (Å²) in [5, 5.41) is 9.29. The lowest BCUT2D eigenvalue weighted by atomic mass is 9.92. The average molecular weight is 441 g/mol. The normalized spacial score (nSPS) is 16.9. The van der Waals surface area contributed by atoms with Gasteiger partial charge in [-0.2, -0.15) is 18.3 Å². The van der Waals surface area contributed by atoms with Crippen molar-refractivity contribution in [3.8, 4) is 0 Å². The van der Waals surface area contributed by atoms with Gasteiger partial charge in [0, 0.05) is 31.3 Å². The van der Waals surface area contributed by atoms with Crippen molar-refractivity contribution in [1.29, 1.82) is 0 Å². The number of hydrogen-bond donors (Lipinski definition) is 2. The molecule has 0 saturated heterocycles. The summed E-state index contributed by atoms with van der Waals surface area (Å²) in [7, 11) is 0. The molecule has 3 aromatic rings. The Morgan fingerprint density at radius 3 is 2.61 bits per heavy atom. The zero-order valence-electron chi connectivity index (χ0n) is 15.8. The number of alkyl halides is 5. The van der Waals surface area contributed by atoms with E-state index in [2.05, 4.69) is 30.7 Å². The molecule has 1 amide bonds. The molecular formula is C18H16F5N7O. The molecule has 0 radical (unpaired) electrons. The van der Waals surface area contributed by atoms with Gasteiger partial charge in [-0.25, -0.2) is 28.2 Å². The molecule has 1 fully saturated rings.